The minimum atomic E-state index is -3.88. The third-order valence-corrected chi connectivity index (χ3v) is 6.76. The van der Waals surface area contributed by atoms with Crippen molar-refractivity contribution < 1.29 is 61.2 Å². The van der Waals surface area contributed by atoms with Gasteiger partial charge in [-0.25, -0.2) is 4.98 Å². The fourth-order valence-corrected chi connectivity index (χ4v) is 5.00. The molecule has 11 heteroatoms. The van der Waals surface area contributed by atoms with Crippen LogP contribution in [0.1, 0.15) is 13.3 Å². The molecular weight excluding hydrogens is 298 g/mol. The zero-order chi connectivity index (χ0) is 12.9. The summed E-state index contributed by atoms with van der Waals surface area (Å²) in [6.45, 7) is 1.64. The van der Waals surface area contributed by atoms with Gasteiger partial charge in [0.15, 0.2) is 0 Å². The van der Waals surface area contributed by atoms with Crippen molar-refractivity contribution in [1.82, 2.24) is 4.98 Å². The Morgan fingerprint density at radius 1 is 1.32 bits per heavy atom. The van der Waals surface area contributed by atoms with Crippen LogP contribution in [0.3, 0.4) is 0 Å². The Kier molecular flexibility index (Phi) is 11.8. The number of thiazole rings is 1. The average Bonchev–Trinajstić information content (AvgIpc) is 2.69. The Bertz CT molecular complexity index is 444. The summed E-state index contributed by atoms with van der Waals surface area (Å²) in [7, 11) is -7.64. The van der Waals surface area contributed by atoms with Crippen LogP contribution < -0.4 is 52.3 Å². The van der Waals surface area contributed by atoms with Crippen LogP contribution in [0.4, 0.5) is 0 Å². The van der Waals surface area contributed by atoms with Gasteiger partial charge in [-0.05, 0) is 19.5 Å². The zero-order valence-electron chi connectivity index (χ0n) is 11.3. The van der Waals surface area contributed by atoms with Crippen LogP contribution in [-0.4, -0.2) is 23.9 Å². The topological polar surface area (TPSA) is 102 Å². The molecule has 19 heavy (non-hydrogen) atoms. The summed E-state index contributed by atoms with van der Waals surface area (Å²) in [5.74, 6) is 0. The third-order valence-electron chi connectivity index (χ3n) is 1.92. The molecule has 2 atom stereocenters. The molecule has 0 aliphatic heterocycles. The van der Waals surface area contributed by atoms with Crippen molar-refractivity contribution in [2.75, 3.05) is 18.9 Å². The maximum atomic E-state index is 11.7. The van der Waals surface area contributed by atoms with E-state index in [0.717, 1.165) is 11.3 Å². The van der Waals surface area contributed by atoms with Gasteiger partial charge in [0.1, 0.15) is 12.3 Å². The molecule has 98 valence electrons. The predicted molar refractivity (Wildman–Crippen MR) is 62.9 cm³/mol. The molecule has 0 aromatic carbocycles. The molecule has 0 saturated heterocycles. The summed E-state index contributed by atoms with van der Waals surface area (Å²) >= 11 is 1.03. The quantitative estimate of drug-likeness (QED) is 0.367. The van der Waals surface area contributed by atoms with E-state index >= 15 is 0 Å². The first-order valence-corrected chi connectivity index (χ1v) is 9.44. The van der Waals surface area contributed by atoms with Crippen molar-refractivity contribution in [2.24, 2.45) is 0 Å². The van der Waals surface area contributed by atoms with Gasteiger partial charge in [0, 0.05) is 17.7 Å². The second-order valence-electron chi connectivity index (χ2n) is 3.32. The number of hydrogen-bond donors (Lipinski definition) is 0. The molecule has 1 aromatic rings. The van der Waals surface area contributed by atoms with Crippen LogP contribution in [0.5, 0.6) is 0 Å². The molecule has 0 N–H and O–H groups in total. The summed E-state index contributed by atoms with van der Waals surface area (Å²) in [4.78, 5) is 26.6. The zero-order valence-corrected chi connectivity index (χ0v) is 13.9. The Morgan fingerprint density at radius 3 is 2.42 bits per heavy atom. The maximum absolute atomic E-state index is 11.7. The van der Waals surface area contributed by atoms with Crippen LogP contribution in [0.15, 0.2) is 11.6 Å². The monoisotopic (exact) mass is 311 g/mol. The fraction of sp³-hybridized carbons (Fsp3) is 0.625. The van der Waals surface area contributed by atoms with Gasteiger partial charge in [-0.3, -0.25) is 0 Å². The van der Waals surface area contributed by atoms with E-state index in [1.54, 1.807) is 12.3 Å². The number of aromatic nitrogens is 1. The minimum absolute atomic E-state index is 0. The standard InChI is InChI=1S/C8H15NO5P2S.2Li/c1-2-14-16(12,13)6-3-5-15(10,11)8-9-4-7-17-8;;/h4,7H,2-3,5-6H2,1H3,(H,10,11)(H,12,13);;/q;2*+1/p-2. The van der Waals surface area contributed by atoms with Crippen molar-refractivity contribution >= 4 is 31.1 Å². The number of rotatable bonds is 7. The van der Waals surface area contributed by atoms with Gasteiger partial charge in [0.25, 0.3) is 0 Å². The molecule has 0 aliphatic rings. The van der Waals surface area contributed by atoms with Gasteiger partial charge in [0.05, 0.1) is 14.0 Å². The normalized spacial score (nSPS) is 16.6. The van der Waals surface area contributed by atoms with Gasteiger partial charge >= 0.3 is 37.7 Å². The van der Waals surface area contributed by atoms with Gasteiger partial charge in [-0.2, -0.15) is 0 Å². The summed E-state index contributed by atoms with van der Waals surface area (Å²) < 4.78 is 27.5. The molecule has 2 unspecified atom stereocenters. The Labute approximate surface area is 140 Å². The second kappa shape index (κ2) is 9.99. The van der Waals surface area contributed by atoms with Crippen molar-refractivity contribution in [3.63, 3.8) is 0 Å². The predicted octanol–water partition coefficient (Wildman–Crippen LogP) is -5.61. The van der Waals surface area contributed by atoms with Crippen LogP contribution >= 0.6 is 26.3 Å². The smallest absolute Gasteiger partial charge is 0.794 e. The summed E-state index contributed by atoms with van der Waals surface area (Å²) in [6, 6.07) is 0. The van der Waals surface area contributed by atoms with Crippen molar-refractivity contribution in [3.8, 4) is 0 Å². The molecule has 0 bridgehead atoms. The molecule has 0 aliphatic carbocycles. The summed E-state index contributed by atoms with van der Waals surface area (Å²) in [6.07, 6.45) is 0.961. The maximum Gasteiger partial charge on any atom is 1.00 e. The number of nitrogens with zero attached hydrogens (tertiary/aromatic N) is 1. The van der Waals surface area contributed by atoms with Gasteiger partial charge in [-0.15, -0.1) is 11.3 Å². The molecule has 0 saturated carbocycles. The molecule has 6 nitrogen and oxygen atoms in total. The van der Waals surface area contributed by atoms with Crippen molar-refractivity contribution in [3.05, 3.63) is 11.6 Å². The fourth-order valence-electron chi connectivity index (χ4n) is 1.21. The largest absolute Gasteiger partial charge is 1.00 e. The Balaban J connectivity index is 0. The van der Waals surface area contributed by atoms with E-state index in [0.29, 0.717) is 0 Å². The molecule has 1 aromatic heterocycles. The van der Waals surface area contributed by atoms with E-state index in [4.69, 9.17) is 0 Å². The van der Waals surface area contributed by atoms with Gasteiger partial charge in [-0.1, -0.05) is 0 Å². The molecule has 1 heterocycles. The average molecular weight is 311 g/mol. The van der Waals surface area contributed by atoms with Crippen molar-refractivity contribution in [2.45, 2.75) is 13.3 Å². The Hall–Kier alpha value is 1.16. The van der Waals surface area contributed by atoms with Crippen LogP contribution in [0.2, 0.25) is 0 Å². The van der Waals surface area contributed by atoms with Gasteiger partial charge in [0.2, 0.25) is 0 Å². The minimum Gasteiger partial charge on any atom is -0.794 e. The molecule has 0 spiro atoms. The SMILES string of the molecule is CCOP(=O)([O-])CCCP(=O)([O-])c1nccs1.[Li+].[Li+]. The first-order chi connectivity index (χ1) is 7.87. The first-order valence-electron chi connectivity index (χ1n) is 5.02. The second-order valence-corrected chi connectivity index (χ2v) is 8.66. The van der Waals surface area contributed by atoms with E-state index in [-0.39, 0.29) is 67.8 Å². The summed E-state index contributed by atoms with van der Waals surface area (Å²) in [5.41, 5.74) is 0. The van der Waals surface area contributed by atoms with E-state index in [1.807, 2.05) is 0 Å². The summed E-state index contributed by atoms with van der Waals surface area (Å²) in [5, 5.41) is 1.57. The number of hydrogen-bond acceptors (Lipinski definition) is 7. The van der Waals surface area contributed by atoms with Crippen LogP contribution in [0, 0.1) is 0 Å². The van der Waals surface area contributed by atoms with Crippen LogP contribution in [-0.2, 0) is 13.7 Å². The molecule has 0 radical (unpaired) electrons. The van der Waals surface area contributed by atoms with Crippen LogP contribution in [0.25, 0.3) is 0 Å². The molecule has 0 amide bonds. The molecule has 1 rings (SSSR count). The first kappa shape index (κ1) is 22.4. The van der Waals surface area contributed by atoms with E-state index in [1.165, 1.54) is 6.20 Å². The molecule has 0 fully saturated rings. The van der Waals surface area contributed by atoms with Crippen molar-refractivity contribution in [1.29, 1.82) is 0 Å². The third kappa shape index (κ3) is 8.25. The van der Waals surface area contributed by atoms with E-state index in [9.17, 15) is 18.9 Å². The van der Waals surface area contributed by atoms with E-state index < -0.39 is 15.0 Å². The molecular formula is C8H13Li2NO5P2S. The van der Waals surface area contributed by atoms with Gasteiger partial charge < -0.3 is 23.4 Å². The van der Waals surface area contributed by atoms with E-state index in [2.05, 4.69) is 9.51 Å². The Morgan fingerprint density at radius 2 is 1.95 bits per heavy atom.